The summed E-state index contributed by atoms with van der Waals surface area (Å²) in [5.74, 6) is 0.791. The first-order chi connectivity index (χ1) is 10.8. The van der Waals surface area contributed by atoms with Crippen molar-refractivity contribution in [2.75, 3.05) is 6.61 Å². The Bertz CT molecular complexity index is 827. The van der Waals surface area contributed by atoms with E-state index in [9.17, 15) is 10.4 Å². The number of aliphatic hydroxyl groups is 1. The second kappa shape index (κ2) is 6.02. The fourth-order valence-corrected chi connectivity index (χ4v) is 2.07. The van der Waals surface area contributed by atoms with Gasteiger partial charge < -0.3 is 14.8 Å². The van der Waals surface area contributed by atoms with Gasteiger partial charge in [-0.1, -0.05) is 30.3 Å². The van der Waals surface area contributed by atoms with Gasteiger partial charge in [0, 0.05) is 0 Å². The van der Waals surface area contributed by atoms with Gasteiger partial charge in [0.2, 0.25) is 0 Å². The van der Waals surface area contributed by atoms with Gasteiger partial charge in [-0.05, 0) is 24.3 Å². The van der Waals surface area contributed by atoms with Crippen molar-refractivity contribution in [1.82, 2.24) is 9.97 Å². The minimum absolute atomic E-state index is 0.0760. The Hall–Kier alpha value is -3.26. The van der Waals surface area contributed by atoms with Crippen molar-refractivity contribution in [2.24, 2.45) is 0 Å². The van der Waals surface area contributed by atoms with E-state index in [0.29, 0.717) is 11.6 Å². The SMILES string of the molecule is N#C/C(=C(\O)COc1ccccc1)c1nc2ccccc2[nH]1. The first-order valence-corrected chi connectivity index (χ1v) is 6.73. The maximum Gasteiger partial charge on any atom is 0.152 e. The smallest absolute Gasteiger partial charge is 0.152 e. The van der Waals surface area contributed by atoms with Crippen LogP contribution < -0.4 is 4.74 Å². The van der Waals surface area contributed by atoms with Crippen molar-refractivity contribution in [3.63, 3.8) is 0 Å². The molecule has 0 aliphatic heterocycles. The van der Waals surface area contributed by atoms with Crippen LogP contribution in [0.2, 0.25) is 0 Å². The van der Waals surface area contributed by atoms with Crippen molar-refractivity contribution in [2.45, 2.75) is 0 Å². The van der Waals surface area contributed by atoms with Gasteiger partial charge in [0.15, 0.2) is 11.6 Å². The molecule has 1 aromatic heterocycles. The molecular formula is C17H13N3O2. The summed E-state index contributed by atoms with van der Waals surface area (Å²) in [6.07, 6.45) is 0. The number of aliphatic hydroxyl groups excluding tert-OH is 1. The third-order valence-electron chi connectivity index (χ3n) is 3.15. The Morgan fingerprint density at radius 2 is 1.86 bits per heavy atom. The van der Waals surface area contributed by atoms with Gasteiger partial charge in [0.1, 0.15) is 24.0 Å². The van der Waals surface area contributed by atoms with Gasteiger partial charge in [0.25, 0.3) is 0 Å². The van der Waals surface area contributed by atoms with Crippen molar-refractivity contribution in [3.8, 4) is 11.8 Å². The number of benzene rings is 2. The molecule has 0 aliphatic rings. The summed E-state index contributed by atoms with van der Waals surface area (Å²) in [6.45, 7) is -0.0933. The van der Waals surface area contributed by atoms with Crippen molar-refractivity contribution >= 4 is 16.6 Å². The largest absolute Gasteiger partial charge is 0.507 e. The van der Waals surface area contributed by atoms with Gasteiger partial charge in [-0.25, -0.2) is 4.98 Å². The van der Waals surface area contributed by atoms with Gasteiger partial charge in [-0.15, -0.1) is 0 Å². The number of para-hydroxylation sites is 3. The molecule has 0 amide bonds. The highest BCUT2D eigenvalue weighted by molar-refractivity contribution is 5.82. The molecule has 22 heavy (non-hydrogen) atoms. The molecule has 3 aromatic rings. The van der Waals surface area contributed by atoms with Gasteiger partial charge in [0.05, 0.1) is 11.0 Å². The van der Waals surface area contributed by atoms with Crippen LogP contribution in [0.1, 0.15) is 5.82 Å². The predicted octanol–water partition coefficient (Wildman–Crippen LogP) is 3.43. The van der Waals surface area contributed by atoms with Crippen LogP contribution in [0.5, 0.6) is 5.75 Å². The number of imidazole rings is 1. The predicted molar refractivity (Wildman–Crippen MR) is 83.2 cm³/mol. The second-order valence-corrected chi connectivity index (χ2v) is 4.64. The number of aromatic amines is 1. The Labute approximate surface area is 127 Å². The van der Waals surface area contributed by atoms with E-state index in [0.717, 1.165) is 11.0 Å². The van der Waals surface area contributed by atoms with Crippen LogP contribution in [-0.2, 0) is 0 Å². The third-order valence-corrected chi connectivity index (χ3v) is 3.15. The Kier molecular flexibility index (Phi) is 3.75. The number of nitriles is 1. The summed E-state index contributed by atoms with van der Waals surface area (Å²) in [5, 5.41) is 19.4. The standard InChI is InChI=1S/C17H13N3O2/c18-10-13(16(21)11-22-12-6-2-1-3-7-12)17-19-14-8-4-5-9-15(14)20-17/h1-9,21H,11H2,(H,19,20)/b16-13+. The quantitative estimate of drug-likeness (QED) is 0.570. The lowest BCUT2D eigenvalue weighted by Gasteiger charge is -2.06. The highest BCUT2D eigenvalue weighted by Crippen LogP contribution is 2.19. The van der Waals surface area contributed by atoms with Crippen molar-refractivity contribution in [3.05, 3.63) is 66.2 Å². The first-order valence-electron chi connectivity index (χ1n) is 6.73. The van der Waals surface area contributed by atoms with Crippen LogP contribution >= 0.6 is 0 Å². The lowest BCUT2D eigenvalue weighted by molar-refractivity contribution is 0.272. The molecule has 5 heteroatoms. The summed E-state index contributed by atoms with van der Waals surface area (Å²) < 4.78 is 5.45. The summed E-state index contributed by atoms with van der Waals surface area (Å²) in [5.41, 5.74) is 1.62. The summed E-state index contributed by atoms with van der Waals surface area (Å²) >= 11 is 0. The highest BCUT2D eigenvalue weighted by atomic mass is 16.5. The summed E-state index contributed by atoms with van der Waals surface area (Å²) in [7, 11) is 0. The zero-order valence-corrected chi connectivity index (χ0v) is 11.7. The molecule has 0 bridgehead atoms. The Morgan fingerprint density at radius 1 is 1.14 bits per heavy atom. The number of ether oxygens (including phenoxy) is 1. The van der Waals surface area contributed by atoms with Crippen LogP contribution in [-0.4, -0.2) is 21.7 Å². The number of allylic oxidation sites excluding steroid dienone is 1. The number of hydrogen-bond donors (Lipinski definition) is 2. The van der Waals surface area contributed by atoms with E-state index in [1.165, 1.54) is 0 Å². The molecule has 1 heterocycles. The molecule has 0 atom stereocenters. The monoisotopic (exact) mass is 291 g/mol. The maximum atomic E-state index is 10.1. The highest BCUT2D eigenvalue weighted by Gasteiger charge is 2.13. The average molecular weight is 291 g/mol. The molecule has 0 aliphatic carbocycles. The molecular weight excluding hydrogens is 278 g/mol. The lowest BCUT2D eigenvalue weighted by Crippen LogP contribution is -2.04. The normalized spacial score (nSPS) is 11.8. The van der Waals surface area contributed by atoms with Crippen molar-refractivity contribution < 1.29 is 9.84 Å². The molecule has 0 saturated heterocycles. The van der Waals surface area contributed by atoms with E-state index < -0.39 is 0 Å². The fraction of sp³-hybridized carbons (Fsp3) is 0.0588. The van der Waals surface area contributed by atoms with E-state index in [1.54, 1.807) is 12.1 Å². The number of nitrogens with one attached hydrogen (secondary N) is 1. The number of hydrogen-bond acceptors (Lipinski definition) is 4. The van der Waals surface area contributed by atoms with Gasteiger partial charge in [-0.2, -0.15) is 5.26 Å². The molecule has 0 fully saturated rings. The second-order valence-electron chi connectivity index (χ2n) is 4.64. The number of aromatic nitrogens is 2. The first kappa shape index (κ1) is 13.7. The average Bonchev–Trinajstić information content (AvgIpc) is 2.98. The van der Waals surface area contributed by atoms with E-state index >= 15 is 0 Å². The topological polar surface area (TPSA) is 81.9 Å². The molecule has 3 rings (SSSR count). The van der Waals surface area contributed by atoms with E-state index in [2.05, 4.69) is 9.97 Å². The van der Waals surface area contributed by atoms with Crippen molar-refractivity contribution in [1.29, 1.82) is 5.26 Å². The minimum atomic E-state index is -0.162. The van der Waals surface area contributed by atoms with Crippen LogP contribution in [0.3, 0.4) is 0 Å². The Morgan fingerprint density at radius 3 is 2.59 bits per heavy atom. The molecule has 2 aromatic carbocycles. The number of rotatable bonds is 4. The maximum absolute atomic E-state index is 10.1. The minimum Gasteiger partial charge on any atom is -0.507 e. The fourth-order valence-electron chi connectivity index (χ4n) is 2.07. The molecule has 0 spiro atoms. The lowest BCUT2D eigenvalue weighted by atomic mass is 10.2. The molecule has 5 nitrogen and oxygen atoms in total. The molecule has 0 radical (unpaired) electrons. The van der Waals surface area contributed by atoms with Crippen LogP contribution in [0, 0.1) is 11.3 Å². The van der Waals surface area contributed by atoms with E-state index in [4.69, 9.17) is 4.74 Å². The molecule has 2 N–H and O–H groups in total. The van der Waals surface area contributed by atoms with Gasteiger partial charge in [-0.3, -0.25) is 0 Å². The van der Waals surface area contributed by atoms with E-state index in [-0.39, 0.29) is 17.9 Å². The summed E-state index contributed by atoms with van der Waals surface area (Å²) in [4.78, 5) is 7.33. The molecule has 0 saturated carbocycles. The van der Waals surface area contributed by atoms with Crippen LogP contribution in [0.25, 0.3) is 16.6 Å². The molecule has 0 unspecified atom stereocenters. The summed E-state index contributed by atoms with van der Waals surface area (Å²) in [6, 6.07) is 18.5. The zero-order valence-electron chi connectivity index (χ0n) is 11.7. The van der Waals surface area contributed by atoms with Gasteiger partial charge >= 0.3 is 0 Å². The number of H-pyrrole nitrogens is 1. The van der Waals surface area contributed by atoms with E-state index in [1.807, 2.05) is 48.5 Å². The van der Waals surface area contributed by atoms with Crippen LogP contribution in [0.15, 0.2) is 60.4 Å². The Balaban J connectivity index is 1.86. The number of fused-ring (bicyclic) bond motifs is 1. The zero-order chi connectivity index (χ0) is 15.4. The van der Waals surface area contributed by atoms with Crippen LogP contribution in [0.4, 0.5) is 0 Å². The number of nitrogens with zero attached hydrogens (tertiary/aromatic N) is 2. The third kappa shape index (κ3) is 2.76. The molecule has 108 valence electrons.